The Labute approximate surface area is 205 Å². The van der Waals surface area contributed by atoms with Gasteiger partial charge in [-0.05, 0) is 54.3 Å². The number of rotatable bonds is 10. The Bertz CT molecular complexity index is 1070. The number of carbonyl (C=O) groups excluding carboxylic acids is 2. The fourth-order valence-corrected chi connectivity index (χ4v) is 3.79. The van der Waals surface area contributed by atoms with Gasteiger partial charge < -0.3 is 10.2 Å². The van der Waals surface area contributed by atoms with Crippen LogP contribution in [0.2, 0.25) is 5.02 Å². The zero-order chi connectivity index (χ0) is 24.5. The highest BCUT2D eigenvalue weighted by atomic mass is 35.5. The van der Waals surface area contributed by atoms with Crippen molar-refractivity contribution in [1.29, 1.82) is 0 Å². The monoisotopic (exact) mass is 480 g/mol. The third-order valence-corrected chi connectivity index (χ3v) is 6.06. The number of amides is 2. The van der Waals surface area contributed by atoms with Crippen LogP contribution in [0.4, 0.5) is 4.39 Å². The zero-order valence-electron chi connectivity index (χ0n) is 19.5. The molecule has 178 valence electrons. The highest BCUT2D eigenvalue weighted by Crippen LogP contribution is 2.18. The molecular weight excluding hydrogens is 451 g/mol. The number of benzene rings is 3. The van der Waals surface area contributed by atoms with E-state index in [1.807, 2.05) is 56.3 Å². The summed E-state index contributed by atoms with van der Waals surface area (Å²) in [7, 11) is 0. The van der Waals surface area contributed by atoms with E-state index in [1.54, 1.807) is 29.2 Å². The minimum Gasteiger partial charge on any atom is -0.352 e. The molecule has 3 rings (SSSR count). The van der Waals surface area contributed by atoms with E-state index in [4.69, 9.17) is 11.6 Å². The van der Waals surface area contributed by atoms with Crippen molar-refractivity contribution in [3.8, 4) is 0 Å². The first-order chi connectivity index (χ1) is 16.4. The second kappa shape index (κ2) is 12.3. The Hall–Kier alpha value is -3.18. The summed E-state index contributed by atoms with van der Waals surface area (Å²) in [6.45, 7) is 4.20. The SMILES string of the molecule is CCC(C)NC(=O)C(Cc1ccccc1)N(Cc1ccc(Cl)cc1)C(=O)Cc1ccc(F)cc1. The standard InChI is InChI=1S/C28H30ClFN2O2/c1-3-20(2)31-28(34)26(17-21-7-5-4-6-8-21)32(19-23-9-13-24(29)14-10-23)27(33)18-22-11-15-25(30)16-12-22/h4-16,20,26H,3,17-19H2,1-2H3,(H,31,34). The second-order valence-corrected chi connectivity index (χ2v) is 8.91. The van der Waals surface area contributed by atoms with Crippen molar-refractivity contribution in [2.45, 2.75) is 51.7 Å². The molecule has 0 aliphatic heterocycles. The summed E-state index contributed by atoms with van der Waals surface area (Å²) in [6, 6.07) is 22.0. The first-order valence-electron chi connectivity index (χ1n) is 11.5. The summed E-state index contributed by atoms with van der Waals surface area (Å²) in [6.07, 6.45) is 1.23. The van der Waals surface area contributed by atoms with Crippen molar-refractivity contribution in [3.63, 3.8) is 0 Å². The van der Waals surface area contributed by atoms with Gasteiger partial charge in [0.05, 0.1) is 6.42 Å². The van der Waals surface area contributed by atoms with Crippen molar-refractivity contribution in [3.05, 3.63) is 106 Å². The van der Waals surface area contributed by atoms with Crippen LogP contribution in [-0.4, -0.2) is 28.8 Å². The van der Waals surface area contributed by atoms with Gasteiger partial charge in [-0.2, -0.15) is 0 Å². The van der Waals surface area contributed by atoms with Crippen LogP contribution in [0.25, 0.3) is 0 Å². The van der Waals surface area contributed by atoms with Gasteiger partial charge >= 0.3 is 0 Å². The predicted octanol–water partition coefficient (Wildman–Crippen LogP) is 5.58. The topological polar surface area (TPSA) is 49.4 Å². The Balaban J connectivity index is 1.95. The molecule has 0 bridgehead atoms. The van der Waals surface area contributed by atoms with Gasteiger partial charge in [0, 0.05) is 24.0 Å². The number of carbonyl (C=O) groups is 2. The van der Waals surface area contributed by atoms with Crippen LogP contribution >= 0.6 is 11.6 Å². The average Bonchev–Trinajstić information content (AvgIpc) is 2.84. The van der Waals surface area contributed by atoms with Gasteiger partial charge in [-0.15, -0.1) is 0 Å². The molecule has 4 nitrogen and oxygen atoms in total. The van der Waals surface area contributed by atoms with E-state index in [2.05, 4.69) is 5.32 Å². The fraction of sp³-hybridized carbons (Fsp3) is 0.286. The summed E-state index contributed by atoms with van der Waals surface area (Å²) in [5, 5.41) is 3.65. The molecule has 0 saturated heterocycles. The zero-order valence-corrected chi connectivity index (χ0v) is 20.3. The molecular formula is C28H30ClFN2O2. The average molecular weight is 481 g/mol. The molecule has 0 aliphatic rings. The molecule has 0 radical (unpaired) electrons. The molecule has 34 heavy (non-hydrogen) atoms. The number of nitrogens with zero attached hydrogens (tertiary/aromatic N) is 1. The van der Waals surface area contributed by atoms with Crippen molar-refractivity contribution in [1.82, 2.24) is 10.2 Å². The maximum absolute atomic E-state index is 13.6. The van der Waals surface area contributed by atoms with E-state index in [0.29, 0.717) is 17.0 Å². The van der Waals surface area contributed by atoms with Gasteiger partial charge in [-0.3, -0.25) is 9.59 Å². The second-order valence-electron chi connectivity index (χ2n) is 8.47. The Kier molecular flexibility index (Phi) is 9.23. The summed E-state index contributed by atoms with van der Waals surface area (Å²) < 4.78 is 13.4. The molecule has 0 saturated carbocycles. The van der Waals surface area contributed by atoms with E-state index < -0.39 is 6.04 Å². The molecule has 3 aromatic rings. The Morgan fingerprint density at radius 3 is 2.15 bits per heavy atom. The molecule has 1 N–H and O–H groups in total. The van der Waals surface area contributed by atoms with Crippen molar-refractivity contribution < 1.29 is 14.0 Å². The van der Waals surface area contributed by atoms with Crippen LogP contribution in [0.15, 0.2) is 78.9 Å². The number of nitrogens with one attached hydrogen (secondary N) is 1. The number of hydrogen-bond donors (Lipinski definition) is 1. The van der Waals surface area contributed by atoms with E-state index >= 15 is 0 Å². The summed E-state index contributed by atoms with van der Waals surface area (Å²) in [5.74, 6) is -0.759. The van der Waals surface area contributed by atoms with E-state index in [-0.39, 0.29) is 36.6 Å². The summed E-state index contributed by atoms with van der Waals surface area (Å²) in [4.78, 5) is 28.6. The van der Waals surface area contributed by atoms with Crippen molar-refractivity contribution >= 4 is 23.4 Å². The fourth-order valence-electron chi connectivity index (χ4n) is 3.66. The number of halogens is 2. The lowest BCUT2D eigenvalue weighted by Gasteiger charge is -2.32. The molecule has 6 heteroatoms. The first-order valence-corrected chi connectivity index (χ1v) is 11.9. The highest BCUT2D eigenvalue weighted by Gasteiger charge is 2.31. The number of hydrogen-bond acceptors (Lipinski definition) is 2. The molecule has 0 aliphatic carbocycles. The van der Waals surface area contributed by atoms with Crippen LogP contribution in [0.1, 0.15) is 37.0 Å². The third kappa shape index (κ3) is 7.42. The lowest BCUT2D eigenvalue weighted by molar-refractivity contribution is -0.141. The van der Waals surface area contributed by atoms with Gasteiger partial charge in [0.15, 0.2) is 0 Å². The third-order valence-electron chi connectivity index (χ3n) is 5.81. The summed E-state index contributed by atoms with van der Waals surface area (Å²) in [5.41, 5.74) is 2.52. The van der Waals surface area contributed by atoms with Crippen LogP contribution in [0.3, 0.4) is 0 Å². The van der Waals surface area contributed by atoms with Gasteiger partial charge in [-0.25, -0.2) is 4.39 Å². The van der Waals surface area contributed by atoms with E-state index in [9.17, 15) is 14.0 Å². The predicted molar refractivity (Wildman–Crippen MR) is 134 cm³/mol. The largest absolute Gasteiger partial charge is 0.352 e. The first kappa shape index (κ1) is 25.4. The lowest BCUT2D eigenvalue weighted by atomic mass is 10.0. The summed E-state index contributed by atoms with van der Waals surface area (Å²) >= 11 is 6.05. The minimum absolute atomic E-state index is 0.0182. The smallest absolute Gasteiger partial charge is 0.243 e. The maximum Gasteiger partial charge on any atom is 0.243 e. The van der Waals surface area contributed by atoms with Crippen molar-refractivity contribution in [2.75, 3.05) is 0 Å². The van der Waals surface area contributed by atoms with Crippen LogP contribution in [0.5, 0.6) is 0 Å². The van der Waals surface area contributed by atoms with Crippen molar-refractivity contribution in [2.24, 2.45) is 0 Å². The molecule has 0 aromatic heterocycles. The van der Waals surface area contributed by atoms with Gasteiger partial charge in [-0.1, -0.05) is 73.1 Å². The molecule has 2 amide bonds. The normalized spacial score (nSPS) is 12.6. The molecule has 0 fully saturated rings. The molecule has 2 atom stereocenters. The van der Waals surface area contributed by atoms with E-state index in [1.165, 1.54) is 12.1 Å². The van der Waals surface area contributed by atoms with Gasteiger partial charge in [0.1, 0.15) is 11.9 Å². The van der Waals surface area contributed by atoms with Crippen LogP contribution in [0, 0.1) is 5.82 Å². The Morgan fingerprint density at radius 1 is 0.912 bits per heavy atom. The van der Waals surface area contributed by atoms with Gasteiger partial charge in [0.25, 0.3) is 0 Å². The molecule has 2 unspecified atom stereocenters. The molecule has 0 heterocycles. The Morgan fingerprint density at radius 2 is 1.53 bits per heavy atom. The highest BCUT2D eigenvalue weighted by molar-refractivity contribution is 6.30. The minimum atomic E-state index is -0.708. The van der Waals surface area contributed by atoms with Crippen LogP contribution in [-0.2, 0) is 29.0 Å². The lowest BCUT2D eigenvalue weighted by Crippen LogP contribution is -2.52. The maximum atomic E-state index is 13.6. The van der Waals surface area contributed by atoms with E-state index in [0.717, 1.165) is 17.5 Å². The van der Waals surface area contributed by atoms with Crippen LogP contribution < -0.4 is 5.32 Å². The quantitative estimate of drug-likeness (QED) is 0.412. The van der Waals surface area contributed by atoms with Gasteiger partial charge in [0.2, 0.25) is 11.8 Å². The molecule has 0 spiro atoms. The molecule has 3 aromatic carbocycles.